The Bertz CT molecular complexity index is 700. The van der Waals surface area contributed by atoms with Crippen molar-refractivity contribution in [1.82, 2.24) is 15.3 Å². The molecule has 2 aromatic heterocycles. The van der Waals surface area contributed by atoms with Crippen LogP contribution >= 0.6 is 11.3 Å². The number of nitrogens with two attached hydrogens (primary N) is 1. The fraction of sp³-hybridized carbons (Fsp3) is 0.533. The molecule has 0 spiro atoms. The molecule has 0 fully saturated rings. The van der Waals surface area contributed by atoms with Crippen LogP contribution in [0.2, 0.25) is 0 Å². The molecule has 0 saturated heterocycles. The summed E-state index contributed by atoms with van der Waals surface area (Å²) in [7, 11) is 3.13. The summed E-state index contributed by atoms with van der Waals surface area (Å²) in [4.78, 5) is 22.5. The maximum Gasteiger partial charge on any atom is 0.261 e. The maximum atomic E-state index is 12.4. The van der Waals surface area contributed by atoms with Gasteiger partial charge in [-0.25, -0.2) is 4.98 Å². The molecule has 0 aliphatic carbocycles. The van der Waals surface area contributed by atoms with E-state index in [0.717, 1.165) is 22.2 Å². The van der Waals surface area contributed by atoms with Crippen LogP contribution in [0.5, 0.6) is 5.88 Å². The molecule has 0 bridgehead atoms. The Balaban J connectivity index is 2.34. The van der Waals surface area contributed by atoms with Crippen LogP contribution < -0.4 is 15.8 Å². The van der Waals surface area contributed by atoms with Crippen molar-refractivity contribution in [3.8, 4) is 5.88 Å². The minimum Gasteiger partial charge on any atom is -0.480 e. The zero-order valence-corrected chi connectivity index (χ0v) is 14.6. The van der Waals surface area contributed by atoms with Gasteiger partial charge in [-0.3, -0.25) is 4.79 Å². The van der Waals surface area contributed by atoms with Crippen molar-refractivity contribution in [1.29, 1.82) is 0 Å². The van der Waals surface area contributed by atoms with Crippen LogP contribution in [0.4, 0.5) is 0 Å². The van der Waals surface area contributed by atoms with E-state index in [1.165, 1.54) is 11.3 Å². The highest BCUT2D eigenvalue weighted by Gasteiger charge is 2.21. The van der Waals surface area contributed by atoms with Gasteiger partial charge in [0, 0.05) is 19.7 Å². The zero-order valence-electron chi connectivity index (χ0n) is 13.8. The number of carbonyl (C=O) groups is 1. The quantitative estimate of drug-likeness (QED) is 0.796. The van der Waals surface area contributed by atoms with Crippen LogP contribution in [-0.4, -0.2) is 42.7 Å². The fourth-order valence-corrected chi connectivity index (χ4v) is 3.30. The summed E-state index contributed by atoms with van der Waals surface area (Å²) < 4.78 is 10.4. The standard InChI is InChI=1S/C15H22N4O3S/c1-8(16)5-6-17-13(20)12-9(2)11-14(22-4)18-10(7-21-3)19-15(11)23-12/h8H,5-7,16H2,1-4H3,(H,17,20). The van der Waals surface area contributed by atoms with E-state index in [2.05, 4.69) is 15.3 Å². The molecule has 1 atom stereocenters. The third-order valence-electron chi connectivity index (χ3n) is 3.36. The molecule has 1 amide bonds. The first-order valence-electron chi connectivity index (χ1n) is 7.34. The summed E-state index contributed by atoms with van der Waals surface area (Å²) in [6.07, 6.45) is 0.733. The molecule has 126 valence electrons. The van der Waals surface area contributed by atoms with E-state index >= 15 is 0 Å². The van der Waals surface area contributed by atoms with E-state index in [4.69, 9.17) is 15.2 Å². The molecule has 0 aliphatic heterocycles. The lowest BCUT2D eigenvalue weighted by Gasteiger charge is -2.07. The molecule has 23 heavy (non-hydrogen) atoms. The van der Waals surface area contributed by atoms with Crippen molar-refractivity contribution in [3.63, 3.8) is 0 Å². The normalized spacial score (nSPS) is 12.4. The van der Waals surface area contributed by atoms with E-state index in [0.29, 0.717) is 29.7 Å². The Kier molecular flexibility index (Phi) is 5.86. The molecule has 0 saturated carbocycles. The second kappa shape index (κ2) is 7.67. The van der Waals surface area contributed by atoms with Gasteiger partial charge in [-0.2, -0.15) is 4.98 Å². The smallest absolute Gasteiger partial charge is 0.261 e. The van der Waals surface area contributed by atoms with Gasteiger partial charge in [-0.15, -0.1) is 11.3 Å². The minimum atomic E-state index is -0.124. The number of amides is 1. The number of nitrogens with zero attached hydrogens (tertiary/aromatic N) is 2. The van der Waals surface area contributed by atoms with Gasteiger partial charge in [0.1, 0.15) is 11.4 Å². The molecule has 0 radical (unpaired) electrons. The second-order valence-electron chi connectivity index (χ2n) is 5.34. The topological polar surface area (TPSA) is 99.4 Å². The first kappa shape index (κ1) is 17.6. The number of hydrogen-bond acceptors (Lipinski definition) is 7. The highest BCUT2D eigenvalue weighted by Crippen LogP contribution is 2.34. The monoisotopic (exact) mass is 338 g/mol. The van der Waals surface area contributed by atoms with Gasteiger partial charge in [-0.1, -0.05) is 0 Å². The van der Waals surface area contributed by atoms with Gasteiger partial charge in [0.05, 0.1) is 17.4 Å². The Morgan fingerprint density at radius 3 is 2.74 bits per heavy atom. The molecular weight excluding hydrogens is 316 g/mol. The first-order chi connectivity index (χ1) is 11.0. The molecule has 2 heterocycles. The van der Waals surface area contributed by atoms with Crippen molar-refractivity contribution in [2.45, 2.75) is 32.9 Å². The molecular formula is C15H22N4O3S. The van der Waals surface area contributed by atoms with Crippen molar-refractivity contribution in [3.05, 3.63) is 16.3 Å². The van der Waals surface area contributed by atoms with Crippen LogP contribution in [-0.2, 0) is 11.3 Å². The number of ether oxygens (including phenoxy) is 2. The number of nitrogens with one attached hydrogen (secondary N) is 1. The van der Waals surface area contributed by atoms with Gasteiger partial charge in [0.2, 0.25) is 5.88 Å². The van der Waals surface area contributed by atoms with Crippen LogP contribution in [0, 0.1) is 6.92 Å². The maximum absolute atomic E-state index is 12.4. The Morgan fingerprint density at radius 1 is 1.39 bits per heavy atom. The summed E-state index contributed by atoms with van der Waals surface area (Å²) in [6, 6.07) is 0.0568. The van der Waals surface area contributed by atoms with E-state index in [1.54, 1.807) is 14.2 Å². The molecule has 3 N–H and O–H groups in total. The number of thiophene rings is 1. The van der Waals surface area contributed by atoms with Gasteiger partial charge < -0.3 is 20.5 Å². The molecule has 0 aromatic carbocycles. The Hall–Kier alpha value is -1.77. The van der Waals surface area contributed by atoms with Crippen molar-refractivity contribution in [2.75, 3.05) is 20.8 Å². The second-order valence-corrected chi connectivity index (χ2v) is 6.34. The van der Waals surface area contributed by atoms with Gasteiger partial charge >= 0.3 is 0 Å². The molecule has 2 aromatic rings. The Morgan fingerprint density at radius 2 is 2.13 bits per heavy atom. The number of carbonyl (C=O) groups excluding carboxylic acids is 1. The molecule has 7 nitrogen and oxygen atoms in total. The Labute approximate surface area is 139 Å². The van der Waals surface area contributed by atoms with E-state index in [9.17, 15) is 4.79 Å². The molecule has 8 heteroatoms. The predicted molar refractivity (Wildman–Crippen MR) is 90.0 cm³/mol. The number of fused-ring (bicyclic) bond motifs is 1. The number of aryl methyl sites for hydroxylation is 1. The summed E-state index contributed by atoms with van der Waals surface area (Å²) in [5.74, 6) is 0.869. The first-order valence-corrected chi connectivity index (χ1v) is 8.16. The third kappa shape index (κ3) is 3.95. The minimum absolute atomic E-state index is 0.0568. The van der Waals surface area contributed by atoms with Gasteiger partial charge in [0.15, 0.2) is 5.82 Å². The number of methoxy groups -OCH3 is 2. The van der Waals surface area contributed by atoms with Crippen LogP contribution in [0.1, 0.15) is 34.4 Å². The lowest BCUT2D eigenvalue weighted by Crippen LogP contribution is -2.28. The molecule has 2 rings (SSSR count). The summed E-state index contributed by atoms with van der Waals surface area (Å²) in [5, 5.41) is 3.66. The fourth-order valence-electron chi connectivity index (χ4n) is 2.20. The average Bonchev–Trinajstić information content (AvgIpc) is 2.83. The van der Waals surface area contributed by atoms with E-state index < -0.39 is 0 Å². The van der Waals surface area contributed by atoms with Crippen LogP contribution in [0.3, 0.4) is 0 Å². The lowest BCUT2D eigenvalue weighted by atomic mass is 10.2. The summed E-state index contributed by atoms with van der Waals surface area (Å²) in [5.41, 5.74) is 6.52. The highest BCUT2D eigenvalue weighted by molar-refractivity contribution is 7.20. The molecule has 0 aliphatic rings. The highest BCUT2D eigenvalue weighted by atomic mass is 32.1. The van der Waals surface area contributed by atoms with Gasteiger partial charge in [0.25, 0.3) is 5.91 Å². The van der Waals surface area contributed by atoms with Crippen molar-refractivity contribution >= 4 is 27.5 Å². The number of rotatable bonds is 7. The van der Waals surface area contributed by atoms with E-state index in [1.807, 2.05) is 13.8 Å². The van der Waals surface area contributed by atoms with Crippen molar-refractivity contribution < 1.29 is 14.3 Å². The SMILES string of the molecule is COCc1nc(OC)c2c(C)c(C(=O)NCCC(C)N)sc2n1. The van der Waals surface area contributed by atoms with Crippen LogP contribution in [0.25, 0.3) is 10.2 Å². The average molecular weight is 338 g/mol. The van der Waals surface area contributed by atoms with Crippen molar-refractivity contribution in [2.24, 2.45) is 5.73 Å². The number of aromatic nitrogens is 2. The van der Waals surface area contributed by atoms with Gasteiger partial charge in [-0.05, 0) is 25.8 Å². The predicted octanol–water partition coefficient (Wildman–Crippen LogP) is 1.62. The lowest BCUT2D eigenvalue weighted by molar-refractivity contribution is 0.0956. The number of hydrogen-bond donors (Lipinski definition) is 2. The summed E-state index contributed by atoms with van der Waals surface area (Å²) in [6.45, 7) is 4.62. The third-order valence-corrected chi connectivity index (χ3v) is 4.55. The van der Waals surface area contributed by atoms with E-state index in [-0.39, 0.29) is 11.9 Å². The largest absolute Gasteiger partial charge is 0.480 e. The van der Waals surface area contributed by atoms with Crippen LogP contribution in [0.15, 0.2) is 0 Å². The summed E-state index contributed by atoms with van der Waals surface area (Å²) >= 11 is 1.33. The molecule has 1 unspecified atom stereocenters. The zero-order chi connectivity index (χ0) is 17.0.